The van der Waals surface area contributed by atoms with Crippen LogP contribution in [0.2, 0.25) is 0 Å². The van der Waals surface area contributed by atoms with Gasteiger partial charge in [-0.1, -0.05) is 6.07 Å². The van der Waals surface area contributed by atoms with Crippen molar-refractivity contribution < 1.29 is 9.47 Å². The second-order valence-electron chi connectivity index (χ2n) is 6.74. The fourth-order valence-corrected chi connectivity index (χ4v) is 4.16. The Bertz CT molecular complexity index is 762. The lowest BCUT2D eigenvalue weighted by Crippen LogP contribution is -2.52. The maximum atomic E-state index is 5.52. The van der Waals surface area contributed by atoms with Crippen molar-refractivity contribution in [2.24, 2.45) is 4.99 Å². The minimum Gasteiger partial charge on any atom is -0.497 e. The second-order valence-corrected chi connectivity index (χ2v) is 7.78. The summed E-state index contributed by atoms with van der Waals surface area (Å²) in [6.45, 7) is 5.68. The van der Waals surface area contributed by atoms with Crippen molar-refractivity contribution in [3.05, 3.63) is 46.2 Å². The zero-order valence-electron chi connectivity index (χ0n) is 17.4. The maximum absolute atomic E-state index is 5.52. The van der Waals surface area contributed by atoms with Crippen LogP contribution < -0.4 is 14.8 Å². The lowest BCUT2D eigenvalue weighted by atomic mass is 10.1. The summed E-state index contributed by atoms with van der Waals surface area (Å²) in [6, 6.07) is 10.3. The van der Waals surface area contributed by atoms with Crippen molar-refractivity contribution in [1.82, 2.24) is 15.1 Å². The molecule has 2 heterocycles. The topological polar surface area (TPSA) is 49.3 Å². The van der Waals surface area contributed by atoms with Gasteiger partial charge in [-0.15, -0.1) is 35.3 Å². The number of piperazine rings is 1. The molecule has 160 valence electrons. The largest absolute Gasteiger partial charge is 0.497 e. The first-order valence-electron chi connectivity index (χ1n) is 9.64. The average Bonchev–Trinajstić information content (AvgIpc) is 3.25. The first-order valence-corrected chi connectivity index (χ1v) is 10.5. The zero-order chi connectivity index (χ0) is 19.8. The van der Waals surface area contributed by atoms with E-state index in [1.165, 1.54) is 4.88 Å². The molecule has 8 heteroatoms. The maximum Gasteiger partial charge on any atom is 0.193 e. The summed E-state index contributed by atoms with van der Waals surface area (Å²) < 4.78 is 10.9. The molecule has 6 nitrogen and oxygen atoms in total. The molecule has 3 rings (SSSR count). The van der Waals surface area contributed by atoms with Gasteiger partial charge in [-0.25, -0.2) is 0 Å². The first-order chi connectivity index (χ1) is 13.7. The van der Waals surface area contributed by atoms with Crippen LogP contribution in [0.4, 0.5) is 0 Å². The molecule has 0 atom stereocenters. The van der Waals surface area contributed by atoms with Gasteiger partial charge in [0.25, 0.3) is 0 Å². The van der Waals surface area contributed by atoms with Gasteiger partial charge in [-0.05, 0) is 36.1 Å². The minimum atomic E-state index is 0. The van der Waals surface area contributed by atoms with Crippen LogP contribution >= 0.6 is 35.3 Å². The average molecular weight is 530 g/mol. The third-order valence-electron chi connectivity index (χ3n) is 5.00. The molecule has 1 fully saturated rings. The molecule has 0 unspecified atom stereocenters. The number of hydrogen-bond acceptors (Lipinski definition) is 5. The molecule has 0 saturated carbocycles. The highest BCUT2D eigenvalue weighted by Gasteiger charge is 2.20. The highest BCUT2D eigenvalue weighted by molar-refractivity contribution is 14.0. The van der Waals surface area contributed by atoms with E-state index in [-0.39, 0.29) is 24.0 Å². The Morgan fingerprint density at radius 1 is 1.14 bits per heavy atom. The Labute approximate surface area is 194 Å². The van der Waals surface area contributed by atoms with Crippen molar-refractivity contribution in [3.8, 4) is 11.5 Å². The minimum absolute atomic E-state index is 0. The number of guanidine groups is 1. The molecule has 1 aromatic carbocycles. The molecule has 1 aliphatic rings. The lowest BCUT2D eigenvalue weighted by molar-refractivity contribution is 0.171. The second kappa shape index (κ2) is 12.2. The monoisotopic (exact) mass is 530 g/mol. The predicted molar refractivity (Wildman–Crippen MR) is 131 cm³/mol. The number of aliphatic imine (C=N–C) groups is 1. The molecule has 0 amide bonds. The Hall–Kier alpha value is -1.52. The quantitative estimate of drug-likeness (QED) is 0.338. The smallest absolute Gasteiger partial charge is 0.193 e. The standard InChI is InChI=1S/C21H30N4O2S.HI/c1-22-21(23-9-8-19-5-4-14-28-19)25-12-10-24(11-13-25)16-17-15-18(26-2)6-7-20(17)27-3;/h4-7,14-15H,8-13,16H2,1-3H3,(H,22,23);1H. The van der Waals surface area contributed by atoms with E-state index in [4.69, 9.17) is 9.47 Å². The van der Waals surface area contributed by atoms with E-state index in [0.29, 0.717) is 0 Å². The van der Waals surface area contributed by atoms with Crippen LogP contribution in [0.3, 0.4) is 0 Å². The molecular formula is C21H31IN4O2S. The summed E-state index contributed by atoms with van der Waals surface area (Å²) in [5.74, 6) is 2.77. The van der Waals surface area contributed by atoms with E-state index < -0.39 is 0 Å². The third kappa shape index (κ3) is 6.75. The summed E-state index contributed by atoms with van der Waals surface area (Å²) >= 11 is 1.81. The van der Waals surface area contributed by atoms with Crippen molar-refractivity contribution >= 4 is 41.3 Å². The molecule has 1 aromatic heterocycles. The van der Waals surface area contributed by atoms with Crippen LogP contribution in [-0.2, 0) is 13.0 Å². The highest BCUT2D eigenvalue weighted by Crippen LogP contribution is 2.25. The molecule has 1 aliphatic heterocycles. The van der Waals surface area contributed by atoms with E-state index in [9.17, 15) is 0 Å². The number of nitrogens with one attached hydrogen (secondary N) is 1. The summed E-state index contributed by atoms with van der Waals surface area (Å²) in [6.07, 6.45) is 1.03. The van der Waals surface area contributed by atoms with Gasteiger partial charge in [-0.2, -0.15) is 0 Å². The Morgan fingerprint density at radius 2 is 1.93 bits per heavy atom. The molecular weight excluding hydrogens is 499 g/mol. The fraction of sp³-hybridized carbons (Fsp3) is 0.476. The molecule has 29 heavy (non-hydrogen) atoms. The lowest BCUT2D eigenvalue weighted by Gasteiger charge is -2.36. The molecule has 0 radical (unpaired) electrons. The number of thiophene rings is 1. The SMILES string of the molecule is CN=C(NCCc1cccs1)N1CCN(Cc2cc(OC)ccc2OC)CC1.I. The summed E-state index contributed by atoms with van der Waals surface area (Å²) in [4.78, 5) is 10.7. The summed E-state index contributed by atoms with van der Waals surface area (Å²) in [5.41, 5.74) is 1.16. The number of halogens is 1. The van der Waals surface area contributed by atoms with Gasteiger partial charge in [0.15, 0.2) is 5.96 Å². The number of ether oxygens (including phenoxy) is 2. The normalized spacial score (nSPS) is 15.0. The van der Waals surface area contributed by atoms with Crippen molar-refractivity contribution in [2.45, 2.75) is 13.0 Å². The van der Waals surface area contributed by atoms with E-state index in [1.54, 1.807) is 25.6 Å². The summed E-state index contributed by atoms with van der Waals surface area (Å²) in [5, 5.41) is 5.63. The van der Waals surface area contributed by atoms with Gasteiger partial charge in [0.05, 0.1) is 14.2 Å². The summed E-state index contributed by atoms with van der Waals surface area (Å²) in [7, 11) is 5.28. The Morgan fingerprint density at radius 3 is 2.55 bits per heavy atom. The van der Waals surface area contributed by atoms with E-state index in [1.807, 2.05) is 19.2 Å². The van der Waals surface area contributed by atoms with Crippen LogP contribution in [0.5, 0.6) is 11.5 Å². The van der Waals surface area contributed by atoms with Gasteiger partial charge in [-0.3, -0.25) is 9.89 Å². The number of methoxy groups -OCH3 is 2. The van der Waals surface area contributed by atoms with E-state index in [2.05, 4.69) is 43.7 Å². The molecule has 0 spiro atoms. The first kappa shape index (κ1) is 23.8. The van der Waals surface area contributed by atoms with Crippen LogP contribution in [-0.4, -0.2) is 69.8 Å². The van der Waals surface area contributed by atoms with Gasteiger partial charge in [0, 0.05) is 56.8 Å². The molecule has 1 N–H and O–H groups in total. The van der Waals surface area contributed by atoms with Crippen molar-refractivity contribution in [2.75, 3.05) is 54.0 Å². The van der Waals surface area contributed by atoms with Crippen molar-refractivity contribution in [3.63, 3.8) is 0 Å². The fourth-order valence-electron chi connectivity index (χ4n) is 3.45. The molecule has 0 bridgehead atoms. The Balaban J connectivity index is 0.00000300. The highest BCUT2D eigenvalue weighted by atomic mass is 127. The zero-order valence-corrected chi connectivity index (χ0v) is 20.5. The van der Waals surface area contributed by atoms with E-state index in [0.717, 1.165) is 68.7 Å². The van der Waals surface area contributed by atoms with Crippen molar-refractivity contribution in [1.29, 1.82) is 0 Å². The number of benzene rings is 1. The molecule has 1 saturated heterocycles. The van der Waals surface area contributed by atoms with Crippen LogP contribution in [0.15, 0.2) is 40.7 Å². The van der Waals surface area contributed by atoms with Crippen LogP contribution in [0, 0.1) is 0 Å². The van der Waals surface area contributed by atoms with Crippen LogP contribution in [0.25, 0.3) is 0 Å². The van der Waals surface area contributed by atoms with E-state index >= 15 is 0 Å². The van der Waals surface area contributed by atoms with Gasteiger partial charge in [0.2, 0.25) is 0 Å². The van der Waals surface area contributed by atoms with Crippen LogP contribution in [0.1, 0.15) is 10.4 Å². The van der Waals surface area contributed by atoms with Gasteiger partial charge >= 0.3 is 0 Å². The van der Waals surface area contributed by atoms with Gasteiger partial charge < -0.3 is 19.7 Å². The number of rotatable bonds is 7. The number of hydrogen-bond donors (Lipinski definition) is 1. The number of nitrogens with zero attached hydrogens (tertiary/aromatic N) is 3. The molecule has 0 aliphatic carbocycles. The predicted octanol–water partition coefficient (Wildman–Crippen LogP) is 3.32. The Kier molecular flexibility index (Phi) is 10.0. The third-order valence-corrected chi connectivity index (χ3v) is 5.94. The molecule has 2 aromatic rings. The van der Waals surface area contributed by atoms with Gasteiger partial charge in [0.1, 0.15) is 11.5 Å².